The Labute approximate surface area is 116 Å². The van der Waals surface area contributed by atoms with E-state index < -0.39 is 0 Å². The molecule has 3 nitrogen and oxygen atoms in total. The first-order chi connectivity index (χ1) is 9.20. The van der Waals surface area contributed by atoms with Crippen LogP contribution in [0.3, 0.4) is 0 Å². The predicted octanol–water partition coefficient (Wildman–Crippen LogP) is 3.77. The fourth-order valence-electron chi connectivity index (χ4n) is 2.90. The molecule has 0 amide bonds. The van der Waals surface area contributed by atoms with Gasteiger partial charge in [0.25, 0.3) is 0 Å². The molecule has 1 unspecified atom stereocenters. The number of ether oxygens (including phenoxy) is 1. The summed E-state index contributed by atoms with van der Waals surface area (Å²) in [6, 6.07) is 6.14. The lowest BCUT2D eigenvalue weighted by Gasteiger charge is -2.23. The van der Waals surface area contributed by atoms with Gasteiger partial charge >= 0.3 is 0 Å². The zero-order valence-corrected chi connectivity index (χ0v) is 12.0. The summed E-state index contributed by atoms with van der Waals surface area (Å²) < 4.78 is 5.23. The molecule has 1 atom stereocenters. The van der Waals surface area contributed by atoms with Gasteiger partial charge in [0.05, 0.1) is 7.11 Å². The minimum absolute atomic E-state index is 0.151. The number of phenols is 1. The molecule has 0 aromatic heterocycles. The number of methoxy groups -OCH3 is 1. The smallest absolute Gasteiger partial charge is 0.120 e. The summed E-state index contributed by atoms with van der Waals surface area (Å²) in [5.74, 6) is 1.14. The lowest BCUT2D eigenvalue weighted by Crippen LogP contribution is -2.31. The van der Waals surface area contributed by atoms with E-state index in [1.54, 1.807) is 19.2 Å². The fraction of sp³-hybridized carbons (Fsp3) is 0.625. The van der Waals surface area contributed by atoms with Gasteiger partial charge < -0.3 is 15.2 Å². The van der Waals surface area contributed by atoms with E-state index in [9.17, 15) is 5.11 Å². The Hall–Kier alpha value is -1.22. The van der Waals surface area contributed by atoms with E-state index >= 15 is 0 Å². The third-order valence-electron chi connectivity index (χ3n) is 4.04. The van der Waals surface area contributed by atoms with Gasteiger partial charge in [-0.25, -0.2) is 0 Å². The van der Waals surface area contributed by atoms with Crippen molar-refractivity contribution in [1.82, 2.24) is 5.32 Å². The van der Waals surface area contributed by atoms with Gasteiger partial charge in [-0.3, -0.25) is 0 Å². The topological polar surface area (TPSA) is 41.5 Å². The van der Waals surface area contributed by atoms with Crippen LogP contribution >= 0.6 is 0 Å². The highest BCUT2D eigenvalue weighted by Crippen LogP contribution is 2.29. The van der Waals surface area contributed by atoms with Crippen molar-refractivity contribution in [2.45, 2.75) is 57.5 Å². The molecule has 0 bridgehead atoms. The van der Waals surface area contributed by atoms with E-state index in [0.717, 1.165) is 11.3 Å². The fourth-order valence-corrected chi connectivity index (χ4v) is 2.90. The van der Waals surface area contributed by atoms with Gasteiger partial charge in [0.2, 0.25) is 0 Å². The molecule has 3 heteroatoms. The van der Waals surface area contributed by atoms with Gasteiger partial charge in [-0.1, -0.05) is 25.7 Å². The molecule has 2 rings (SSSR count). The summed E-state index contributed by atoms with van der Waals surface area (Å²) in [4.78, 5) is 0. The second kappa shape index (κ2) is 6.80. The first kappa shape index (κ1) is 14.2. The van der Waals surface area contributed by atoms with Crippen LogP contribution < -0.4 is 10.1 Å². The van der Waals surface area contributed by atoms with Crippen molar-refractivity contribution in [3.05, 3.63) is 23.8 Å². The van der Waals surface area contributed by atoms with Crippen LogP contribution in [0.25, 0.3) is 0 Å². The van der Waals surface area contributed by atoms with Crippen LogP contribution in [0.1, 0.15) is 57.1 Å². The molecule has 1 aliphatic rings. The van der Waals surface area contributed by atoms with E-state index in [2.05, 4.69) is 12.2 Å². The molecule has 106 valence electrons. The quantitative estimate of drug-likeness (QED) is 0.812. The van der Waals surface area contributed by atoms with Crippen molar-refractivity contribution in [3.8, 4) is 11.5 Å². The number of nitrogens with one attached hydrogen (secondary N) is 1. The average molecular weight is 263 g/mol. The number of aromatic hydroxyl groups is 1. The van der Waals surface area contributed by atoms with E-state index in [1.807, 2.05) is 6.07 Å². The van der Waals surface area contributed by atoms with E-state index in [4.69, 9.17) is 4.74 Å². The minimum atomic E-state index is 0.151. The molecule has 1 saturated carbocycles. The standard InChI is InChI=1S/C16H25NO2/c1-12(17-13-7-5-3-4-6-8-13)15-11-14(19-2)9-10-16(15)18/h9-13,17-18H,3-8H2,1-2H3. The maximum absolute atomic E-state index is 9.99. The molecule has 2 N–H and O–H groups in total. The number of rotatable bonds is 4. The molecular formula is C16H25NO2. The third-order valence-corrected chi connectivity index (χ3v) is 4.04. The van der Waals surface area contributed by atoms with Crippen LogP contribution in [-0.4, -0.2) is 18.3 Å². The van der Waals surface area contributed by atoms with Gasteiger partial charge in [0.15, 0.2) is 0 Å². The molecule has 1 aromatic carbocycles. The highest BCUT2D eigenvalue weighted by atomic mass is 16.5. The summed E-state index contributed by atoms with van der Waals surface area (Å²) >= 11 is 0. The SMILES string of the molecule is COc1ccc(O)c(C(C)NC2CCCCCC2)c1. The summed E-state index contributed by atoms with van der Waals surface area (Å²) in [7, 11) is 1.65. The van der Waals surface area contributed by atoms with Gasteiger partial charge in [-0.2, -0.15) is 0 Å². The Morgan fingerprint density at radius 1 is 1.21 bits per heavy atom. The van der Waals surface area contributed by atoms with Crippen LogP contribution in [0, 0.1) is 0 Å². The lowest BCUT2D eigenvalue weighted by atomic mass is 10.0. The van der Waals surface area contributed by atoms with E-state index in [1.165, 1.54) is 38.5 Å². The largest absolute Gasteiger partial charge is 0.508 e. The molecule has 19 heavy (non-hydrogen) atoms. The summed E-state index contributed by atoms with van der Waals surface area (Å²) in [6.45, 7) is 2.11. The lowest BCUT2D eigenvalue weighted by molar-refractivity contribution is 0.390. The molecule has 0 heterocycles. The number of hydrogen-bond acceptors (Lipinski definition) is 3. The molecule has 0 aliphatic heterocycles. The average Bonchev–Trinajstić information content (AvgIpc) is 2.68. The highest BCUT2D eigenvalue weighted by Gasteiger charge is 2.17. The van der Waals surface area contributed by atoms with E-state index in [0.29, 0.717) is 11.8 Å². The molecule has 1 fully saturated rings. The van der Waals surface area contributed by atoms with Crippen molar-refractivity contribution in [3.63, 3.8) is 0 Å². The van der Waals surface area contributed by atoms with Crippen molar-refractivity contribution in [2.75, 3.05) is 7.11 Å². The Balaban J connectivity index is 2.03. The molecule has 0 radical (unpaired) electrons. The first-order valence-corrected chi connectivity index (χ1v) is 7.33. The van der Waals surface area contributed by atoms with Crippen molar-refractivity contribution >= 4 is 0 Å². The van der Waals surface area contributed by atoms with Gasteiger partial charge in [0, 0.05) is 17.6 Å². The molecule has 1 aromatic rings. The Morgan fingerprint density at radius 2 is 1.89 bits per heavy atom. The summed E-state index contributed by atoms with van der Waals surface area (Å²) in [5, 5.41) is 13.6. The maximum atomic E-state index is 9.99. The predicted molar refractivity (Wildman–Crippen MR) is 77.7 cm³/mol. The van der Waals surface area contributed by atoms with Crippen molar-refractivity contribution < 1.29 is 9.84 Å². The molecule has 0 saturated heterocycles. The second-order valence-electron chi connectivity index (χ2n) is 5.50. The number of benzene rings is 1. The zero-order valence-electron chi connectivity index (χ0n) is 12.0. The Bertz CT molecular complexity index is 398. The van der Waals surface area contributed by atoms with Crippen molar-refractivity contribution in [1.29, 1.82) is 0 Å². The van der Waals surface area contributed by atoms with Gasteiger partial charge in [0.1, 0.15) is 11.5 Å². The Morgan fingerprint density at radius 3 is 2.53 bits per heavy atom. The summed E-state index contributed by atoms with van der Waals surface area (Å²) in [5.41, 5.74) is 0.920. The van der Waals surface area contributed by atoms with Crippen LogP contribution in [0.4, 0.5) is 0 Å². The second-order valence-corrected chi connectivity index (χ2v) is 5.50. The van der Waals surface area contributed by atoms with Crippen LogP contribution in [0.15, 0.2) is 18.2 Å². The van der Waals surface area contributed by atoms with Gasteiger partial charge in [-0.05, 0) is 38.0 Å². The highest BCUT2D eigenvalue weighted by molar-refractivity contribution is 5.41. The van der Waals surface area contributed by atoms with Crippen molar-refractivity contribution in [2.24, 2.45) is 0 Å². The van der Waals surface area contributed by atoms with Crippen LogP contribution in [0.5, 0.6) is 11.5 Å². The number of phenolic OH excluding ortho intramolecular Hbond substituents is 1. The minimum Gasteiger partial charge on any atom is -0.508 e. The number of hydrogen-bond donors (Lipinski definition) is 2. The van der Waals surface area contributed by atoms with Gasteiger partial charge in [-0.15, -0.1) is 0 Å². The maximum Gasteiger partial charge on any atom is 0.120 e. The van der Waals surface area contributed by atoms with Crippen LogP contribution in [0.2, 0.25) is 0 Å². The Kier molecular flexibility index (Phi) is 5.08. The normalized spacial score (nSPS) is 18.8. The zero-order chi connectivity index (χ0) is 13.7. The first-order valence-electron chi connectivity index (χ1n) is 7.33. The van der Waals surface area contributed by atoms with E-state index in [-0.39, 0.29) is 6.04 Å². The van der Waals surface area contributed by atoms with Crippen LogP contribution in [-0.2, 0) is 0 Å². The molecule has 0 spiro atoms. The summed E-state index contributed by atoms with van der Waals surface area (Å²) in [6.07, 6.45) is 7.83. The third kappa shape index (κ3) is 3.87. The molecular weight excluding hydrogens is 238 g/mol. The monoisotopic (exact) mass is 263 g/mol. The molecule has 1 aliphatic carbocycles.